The van der Waals surface area contributed by atoms with Crippen LogP contribution in [0.1, 0.15) is 0 Å². The smallest absolute Gasteiger partial charge is 0.296 e. The van der Waals surface area contributed by atoms with E-state index in [1.165, 1.54) is 29.8 Å². The zero-order valence-corrected chi connectivity index (χ0v) is 12.9. The minimum absolute atomic E-state index is 0.105. The van der Waals surface area contributed by atoms with Gasteiger partial charge in [0.1, 0.15) is 0 Å². The van der Waals surface area contributed by atoms with Gasteiger partial charge in [0.2, 0.25) is 0 Å². The molecular weight excluding hydrogens is 326 g/mol. The molecule has 0 spiro atoms. The molecular formula is C10H10ClN3O4S2. The molecule has 0 N–H and O–H groups in total. The van der Waals surface area contributed by atoms with E-state index in [0.29, 0.717) is 5.56 Å². The molecule has 0 atom stereocenters. The first-order chi connectivity index (χ1) is 9.10. The molecule has 0 radical (unpaired) electrons. The van der Waals surface area contributed by atoms with Crippen LogP contribution in [0.25, 0.3) is 11.4 Å². The van der Waals surface area contributed by atoms with Gasteiger partial charge in [-0.25, -0.2) is 16.8 Å². The number of rotatable bonds is 3. The molecule has 2 rings (SSSR count). The summed E-state index contributed by atoms with van der Waals surface area (Å²) in [6.07, 6.45) is 1.08. The minimum atomic E-state index is -4.02. The van der Waals surface area contributed by atoms with Crippen molar-refractivity contribution in [3.8, 4) is 11.4 Å². The van der Waals surface area contributed by atoms with E-state index in [0.717, 1.165) is 6.26 Å². The fourth-order valence-corrected chi connectivity index (χ4v) is 3.27. The third-order valence-corrected chi connectivity index (χ3v) is 4.89. The maximum atomic E-state index is 11.5. The lowest BCUT2D eigenvalue weighted by molar-refractivity contribution is 0.592. The molecule has 0 amide bonds. The van der Waals surface area contributed by atoms with Gasteiger partial charge >= 0.3 is 0 Å². The Labute approximate surface area is 120 Å². The largest absolute Gasteiger partial charge is 0.300 e. The molecule has 10 heteroatoms. The average molecular weight is 336 g/mol. The zero-order chi connectivity index (χ0) is 15.1. The molecule has 7 nitrogen and oxygen atoms in total. The summed E-state index contributed by atoms with van der Waals surface area (Å²) in [6.45, 7) is 0. The van der Waals surface area contributed by atoms with Crippen LogP contribution < -0.4 is 0 Å². The molecule has 0 saturated heterocycles. The van der Waals surface area contributed by atoms with E-state index in [1.807, 2.05) is 0 Å². The quantitative estimate of drug-likeness (QED) is 0.770. The lowest BCUT2D eigenvalue weighted by atomic mass is 10.2. The second kappa shape index (κ2) is 4.83. The first-order valence-electron chi connectivity index (χ1n) is 5.25. The van der Waals surface area contributed by atoms with Crippen molar-refractivity contribution in [2.24, 2.45) is 7.05 Å². The summed E-state index contributed by atoms with van der Waals surface area (Å²) in [5, 5.41) is 6.83. The van der Waals surface area contributed by atoms with E-state index in [4.69, 9.17) is 10.7 Å². The van der Waals surface area contributed by atoms with Crippen LogP contribution in [0.4, 0.5) is 0 Å². The highest BCUT2D eigenvalue weighted by Gasteiger charge is 2.21. The van der Waals surface area contributed by atoms with Crippen LogP contribution in [0.2, 0.25) is 0 Å². The van der Waals surface area contributed by atoms with E-state index in [-0.39, 0.29) is 10.7 Å². The van der Waals surface area contributed by atoms with Gasteiger partial charge in [0, 0.05) is 29.5 Å². The summed E-state index contributed by atoms with van der Waals surface area (Å²) < 4.78 is 46.7. The molecule has 0 unspecified atom stereocenters. The second-order valence-electron chi connectivity index (χ2n) is 4.10. The number of hydrogen-bond acceptors (Lipinski definition) is 6. The normalized spacial score (nSPS) is 12.6. The average Bonchev–Trinajstić information content (AvgIpc) is 2.70. The molecule has 1 heterocycles. The Bertz CT molecular complexity index is 872. The fraction of sp³-hybridized carbons (Fsp3) is 0.200. The molecule has 0 aliphatic heterocycles. The summed E-state index contributed by atoms with van der Waals surface area (Å²) in [7, 11) is -0.736. The van der Waals surface area contributed by atoms with Crippen molar-refractivity contribution in [1.29, 1.82) is 0 Å². The van der Waals surface area contributed by atoms with Crippen molar-refractivity contribution in [3.63, 3.8) is 0 Å². The van der Waals surface area contributed by atoms with Gasteiger partial charge in [0.25, 0.3) is 14.2 Å². The Morgan fingerprint density at radius 1 is 1.15 bits per heavy atom. The van der Waals surface area contributed by atoms with E-state index < -0.39 is 24.0 Å². The third-order valence-electron chi connectivity index (χ3n) is 2.57. The van der Waals surface area contributed by atoms with Crippen molar-refractivity contribution in [1.82, 2.24) is 14.8 Å². The number of sulfone groups is 1. The molecule has 1 aromatic heterocycles. The van der Waals surface area contributed by atoms with Gasteiger partial charge in [-0.15, -0.1) is 10.2 Å². The minimum Gasteiger partial charge on any atom is -0.300 e. The maximum absolute atomic E-state index is 11.5. The SMILES string of the molecule is Cn1c(-c2cccc(S(C)(=O)=O)c2)nnc1S(=O)(=O)Cl. The molecule has 0 saturated carbocycles. The van der Waals surface area contributed by atoms with Crippen molar-refractivity contribution in [3.05, 3.63) is 24.3 Å². The topological polar surface area (TPSA) is 99.0 Å². The van der Waals surface area contributed by atoms with E-state index >= 15 is 0 Å². The van der Waals surface area contributed by atoms with Gasteiger partial charge < -0.3 is 0 Å². The Balaban J connectivity index is 2.62. The third kappa shape index (κ3) is 2.84. The highest BCUT2D eigenvalue weighted by atomic mass is 35.7. The summed E-state index contributed by atoms with van der Waals surface area (Å²) >= 11 is 0. The summed E-state index contributed by atoms with van der Waals surface area (Å²) in [4.78, 5) is 0.105. The molecule has 20 heavy (non-hydrogen) atoms. The number of halogens is 1. The lowest BCUT2D eigenvalue weighted by Gasteiger charge is -2.04. The Hall–Kier alpha value is -1.45. The fourth-order valence-electron chi connectivity index (χ4n) is 1.64. The summed E-state index contributed by atoms with van der Waals surface area (Å²) in [5.41, 5.74) is 0.425. The van der Waals surface area contributed by atoms with Crippen molar-refractivity contribution in [2.45, 2.75) is 10.1 Å². The Kier molecular flexibility index (Phi) is 3.61. The van der Waals surface area contributed by atoms with E-state index in [9.17, 15) is 16.8 Å². The van der Waals surface area contributed by atoms with E-state index in [1.54, 1.807) is 6.07 Å². The van der Waals surface area contributed by atoms with Gasteiger partial charge in [0.15, 0.2) is 15.7 Å². The predicted octanol–water partition coefficient (Wildman–Crippen LogP) is 0.813. The maximum Gasteiger partial charge on any atom is 0.296 e. The van der Waals surface area contributed by atoms with Crippen LogP contribution in [0, 0.1) is 0 Å². The van der Waals surface area contributed by atoms with Crippen LogP contribution in [-0.2, 0) is 25.9 Å². The molecule has 0 fully saturated rings. The highest BCUT2D eigenvalue weighted by Crippen LogP contribution is 2.23. The molecule has 0 aliphatic carbocycles. The van der Waals surface area contributed by atoms with Gasteiger partial charge in [-0.1, -0.05) is 12.1 Å². The van der Waals surface area contributed by atoms with Crippen molar-refractivity contribution >= 4 is 29.6 Å². The molecule has 2 aromatic rings. The summed E-state index contributed by atoms with van der Waals surface area (Å²) in [6, 6.07) is 5.97. The van der Waals surface area contributed by atoms with Gasteiger partial charge in [-0.3, -0.25) is 4.57 Å². The zero-order valence-electron chi connectivity index (χ0n) is 10.5. The molecule has 1 aromatic carbocycles. The first kappa shape index (κ1) is 14.9. The monoisotopic (exact) mass is 335 g/mol. The van der Waals surface area contributed by atoms with Crippen LogP contribution in [0.3, 0.4) is 0 Å². The van der Waals surface area contributed by atoms with Crippen LogP contribution in [0.5, 0.6) is 0 Å². The molecule has 108 valence electrons. The van der Waals surface area contributed by atoms with Gasteiger partial charge in [0.05, 0.1) is 4.90 Å². The predicted molar refractivity (Wildman–Crippen MR) is 72.6 cm³/mol. The number of aromatic nitrogens is 3. The number of nitrogens with zero attached hydrogens (tertiary/aromatic N) is 3. The van der Waals surface area contributed by atoms with Crippen LogP contribution >= 0.6 is 10.7 Å². The van der Waals surface area contributed by atoms with Crippen LogP contribution in [-0.4, -0.2) is 37.9 Å². The second-order valence-corrected chi connectivity index (χ2v) is 8.58. The number of benzene rings is 1. The standard InChI is InChI=1S/C10H10ClN3O4S2/c1-14-9(12-13-10(14)20(11,17)18)7-4-3-5-8(6-7)19(2,15)16/h3-6H,1-2H3. The Morgan fingerprint density at radius 2 is 1.80 bits per heavy atom. The van der Waals surface area contributed by atoms with Crippen molar-refractivity contribution < 1.29 is 16.8 Å². The van der Waals surface area contributed by atoms with Gasteiger partial charge in [-0.05, 0) is 12.1 Å². The van der Waals surface area contributed by atoms with Crippen LogP contribution in [0.15, 0.2) is 34.3 Å². The Morgan fingerprint density at radius 3 is 2.30 bits per heavy atom. The van der Waals surface area contributed by atoms with Crippen molar-refractivity contribution in [2.75, 3.05) is 6.26 Å². The molecule has 0 bridgehead atoms. The number of hydrogen-bond donors (Lipinski definition) is 0. The first-order valence-corrected chi connectivity index (χ1v) is 9.45. The molecule has 0 aliphatic rings. The highest BCUT2D eigenvalue weighted by molar-refractivity contribution is 8.13. The summed E-state index contributed by atoms with van der Waals surface area (Å²) in [5.74, 6) is 0.203. The lowest BCUT2D eigenvalue weighted by Crippen LogP contribution is -2.03. The van der Waals surface area contributed by atoms with Gasteiger partial charge in [-0.2, -0.15) is 0 Å². The van der Waals surface area contributed by atoms with E-state index in [2.05, 4.69) is 10.2 Å².